The number of aryl methyl sites for hydroxylation is 1. The fourth-order valence-electron chi connectivity index (χ4n) is 4.10. The van der Waals surface area contributed by atoms with E-state index >= 15 is 0 Å². The second kappa shape index (κ2) is 9.07. The van der Waals surface area contributed by atoms with E-state index in [1.807, 2.05) is 0 Å². The number of rotatable bonds is 7. The summed E-state index contributed by atoms with van der Waals surface area (Å²) in [7, 11) is 0. The van der Waals surface area contributed by atoms with Crippen LogP contribution in [0.2, 0.25) is 0 Å². The minimum absolute atomic E-state index is 0.322. The van der Waals surface area contributed by atoms with E-state index in [9.17, 15) is 4.79 Å². The highest BCUT2D eigenvalue weighted by Gasteiger charge is 2.25. The van der Waals surface area contributed by atoms with Crippen LogP contribution in [0.25, 0.3) is 0 Å². The van der Waals surface area contributed by atoms with E-state index in [4.69, 9.17) is 0 Å². The summed E-state index contributed by atoms with van der Waals surface area (Å²) in [5, 5.41) is 0. The summed E-state index contributed by atoms with van der Waals surface area (Å²) in [5.74, 6) is 0.322. The summed E-state index contributed by atoms with van der Waals surface area (Å²) in [4.78, 5) is 15.0. The Morgan fingerprint density at radius 3 is 2.69 bits per heavy atom. The van der Waals surface area contributed by atoms with Gasteiger partial charge in [0.05, 0.1) is 6.54 Å². The van der Waals surface area contributed by atoms with E-state index in [0.29, 0.717) is 18.4 Å². The highest BCUT2D eigenvalue weighted by molar-refractivity contribution is 5.76. The summed E-state index contributed by atoms with van der Waals surface area (Å²) >= 11 is 0. The Morgan fingerprint density at radius 1 is 1.15 bits per heavy atom. The quantitative estimate of drug-likeness (QED) is 0.663. The number of aromatic nitrogens is 1. The normalized spacial score (nSPS) is 15.2. The summed E-state index contributed by atoms with van der Waals surface area (Å²) in [6.45, 7) is 5.83. The predicted molar refractivity (Wildman–Crippen MR) is 107 cm³/mol. The zero-order valence-corrected chi connectivity index (χ0v) is 16.3. The Balaban J connectivity index is 1.76. The lowest BCUT2D eigenvalue weighted by Gasteiger charge is -2.35. The lowest BCUT2D eigenvalue weighted by atomic mass is 9.93. The van der Waals surface area contributed by atoms with Gasteiger partial charge in [-0.2, -0.15) is 0 Å². The van der Waals surface area contributed by atoms with Crippen LogP contribution in [-0.2, 0) is 17.9 Å². The molecule has 0 N–H and O–H groups in total. The molecule has 0 unspecified atom stereocenters. The maximum absolute atomic E-state index is 12.8. The van der Waals surface area contributed by atoms with Gasteiger partial charge in [0.1, 0.15) is 0 Å². The SMILES string of the molecule is CCCC(=O)N(Cc1cccn1Cc1cccc(C)c1)C1CCCCC1. The zero-order valence-electron chi connectivity index (χ0n) is 16.3. The number of hydrogen-bond donors (Lipinski definition) is 0. The fraction of sp³-hybridized carbons (Fsp3) is 0.522. The maximum Gasteiger partial charge on any atom is 0.223 e. The number of nitrogens with zero attached hydrogens (tertiary/aromatic N) is 2. The Morgan fingerprint density at radius 2 is 1.96 bits per heavy atom. The highest BCUT2D eigenvalue weighted by atomic mass is 16.2. The van der Waals surface area contributed by atoms with Crippen LogP contribution in [0, 0.1) is 6.92 Å². The van der Waals surface area contributed by atoms with E-state index in [0.717, 1.165) is 32.4 Å². The standard InChI is InChI=1S/C23H32N2O/c1-3-9-23(26)25(21-12-5-4-6-13-21)18-22-14-8-15-24(22)17-20-11-7-10-19(2)16-20/h7-8,10-11,14-16,21H,3-6,9,12-13,17-18H2,1-2H3. The largest absolute Gasteiger partial charge is 0.345 e. The van der Waals surface area contributed by atoms with Crippen molar-refractivity contribution in [1.29, 1.82) is 0 Å². The molecule has 3 rings (SSSR count). The van der Waals surface area contributed by atoms with Crippen LogP contribution >= 0.6 is 0 Å². The van der Waals surface area contributed by atoms with Crippen molar-refractivity contribution in [3.8, 4) is 0 Å². The van der Waals surface area contributed by atoms with Gasteiger partial charge in [-0.3, -0.25) is 4.79 Å². The highest BCUT2D eigenvalue weighted by Crippen LogP contribution is 2.25. The van der Waals surface area contributed by atoms with E-state index < -0.39 is 0 Å². The van der Waals surface area contributed by atoms with Crippen LogP contribution in [0.4, 0.5) is 0 Å². The third-order valence-corrected chi connectivity index (χ3v) is 5.49. The zero-order chi connectivity index (χ0) is 18.4. The topological polar surface area (TPSA) is 25.2 Å². The van der Waals surface area contributed by atoms with Crippen LogP contribution in [0.3, 0.4) is 0 Å². The molecular weight excluding hydrogens is 320 g/mol. The summed E-state index contributed by atoms with van der Waals surface area (Å²) in [6.07, 6.45) is 9.87. The second-order valence-corrected chi connectivity index (χ2v) is 7.68. The van der Waals surface area contributed by atoms with E-state index in [2.05, 4.69) is 65.9 Å². The first kappa shape index (κ1) is 18.8. The average molecular weight is 353 g/mol. The van der Waals surface area contributed by atoms with Crippen LogP contribution < -0.4 is 0 Å². The Labute approximate surface area is 158 Å². The van der Waals surface area contributed by atoms with Gasteiger partial charge in [-0.25, -0.2) is 0 Å². The van der Waals surface area contributed by atoms with E-state index in [1.165, 1.54) is 36.1 Å². The maximum atomic E-state index is 12.8. The van der Waals surface area contributed by atoms with Gasteiger partial charge < -0.3 is 9.47 Å². The van der Waals surface area contributed by atoms with E-state index in [1.54, 1.807) is 0 Å². The van der Waals surface area contributed by atoms with Crippen molar-refractivity contribution >= 4 is 5.91 Å². The summed E-state index contributed by atoms with van der Waals surface area (Å²) < 4.78 is 2.30. The number of carbonyl (C=O) groups is 1. The summed E-state index contributed by atoms with van der Waals surface area (Å²) in [5.41, 5.74) is 3.84. The van der Waals surface area contributed by atoms with Gasteiger partial charge in [0.25, 0.3) is 0 Å². The predicted octanol–water partition coefficient (Wildman–Crippen LogP) is 5.31. The Hall–Kier alpha value is -2.03. The number of carbonyl (C=O) groups excluding carboxylic acids is 1. The third kappa shape index (κ3) is 4.78. The number of benzene rings is 1. The van der Waals surface area contributed by atoms with E-state index in [-0.39, 0.29) is 0 Å². The molecule has 1 amide bonds. The van der Waals surface area contributed by atoms with Crippen molar-refractivity contribution in [2.75, 3.05) is 0 Å². The van der Waals surface area contributed by atoms with Crippen molar-refractivity contribution < 1.29 is 4.79 Å². The number of amides is 1. The molecule has 1 aliphatic rings. The number of hydrogen-bond acceptors (Lipinski definition) is 1. The third-order valence-electron chi connectivity index (χ3n) is 5.49. The molecule has 0 bridgehead atoms. The van der Waals surface area contributed by atoms with Crippen molar-refractivity contribution in [2.45, 2.75) is 77.9 Å². The molecule has 0 saturated heterocycles. The second-order valence-electron chi connectivity index (χ2n) is 7.68. The van der Waals surface area contributed by atoms with Gasteiger partial charge in [-0.15, -0.1) is 0 Å². The first-order chi connectivity index (χ1) is 12.7. The monoisotopic (exact) mass is 352 g/mol. The molecule has 0 spiro atoms. The molecule has 1 saturated carbocycles. The minimum Gasteiger partial charge on any atom is -0.345 e. The van der Waals surface area contributed by atoms with Crippen LogP contribution in [0.5, 0.6) is 0 Å². The molecule has 2 aromatic rings. The lowest BCUT2D eigenvalue weighted by Crippen LogP contribution is -2.41. The van der Waals surface area contributed by atoms with Gasteiger partial charge in [0.2, 0.25) is 5.91 Å². The Bertz CT molecular complexity index is 713. The van der Waals surface area contributed by atoms with Crippen LogP contribution in [-0.4, -0.2) is 21.4 Å². The molecule has 26 heavy (non-hydrogen) atoms. The molecule has 140 valence electrons. The van der Waals surface area contributed by atoms with Crippen LogP contribution in [0.1, 0.15) is 68.7 Å². The molecule has 1 aromatic heterocycles. The molecule has 3 heteroatoms. The molecule has 1 aliphatic carbocycles. The molecule has 0 radical (unpaired) electrons. The molecule has 1 heterocycles. The fourth-order valence-corrected chi connectivity index (χ4v) is 4.10. The molecule has 1 fully saturated rings. The van der Waals surface area contributed by atoms with Crippen molar-refractivity contribution in [1.82, 2.24) is 9.47 Å². The average Bonchev–Trinajstić information content (AvgIpc) is 3.07. The van der Waals surface area contributed by atoms with Gasteiger partial charge in [-0.1, -0.05) is 56.0 Å². The summed E-state index contributed by atoms with van der Waals surface area (Å²) in [6, 6.07) is 13.4. The van der Waals surface area contributed by atoms with Crippen molar-refractivity contribution in [2.24, 2.45) is 0 Å². The van der Waals surface area contributed by atoms with Gasteiger partial charge in [0.15, 0.2) is 0 Å². The smallest absolute Gasteiger partial charge is 0.223 e. The van der Waals surface area contributed by atoms with Gasteiger partial charge >= 0.3 is 0 Å². The molecule has 3 nitrogen and oxygen atoms in total. The van der Waals surface area contributed by atoms with Gasteiger partial charge in [0, 0.05) is 30.9 Å². The Kier molecular flexibility index (Phi) is 6.54. The van der Waals surface area contributed by atoms with Crippen molar-refractivity contribution in [3.05, 3.63) is 59.4 Å². The van der Waals surface area contributed by atoms with Crippen LogP contribution in [0.15, 0.2) is 42.6 Å². The molecular formula is C23H32N2O. The first-order valence-electron chi connectivity index (χ1n) is 10.2. The van der Waals surface area contributed by atoms with Gasteiger partial charge in [-0.05, 0) is 43.9 Å². The lowest BCUT2D eigenvalue weighted by molar-refractivity contribution is -0.135. The molecule has 0 atom stereocenters. The molecule has 0 aliphatic heterocycles. The van der Waals surface area contributed by atoms with Crippen molar-refractivity contribution in [3.63, 3.8) is 0 Å². The minimum atomic E-state index is 0.322. The molecule has 1 aromatic carbocycles. The first-order valence-corrected chi connectivity index (χ1v) is 10.2.